The van der Waals surface area contributed by atoms with E-state index in [9.17, 15) is 10.1 Å². The maximum absolute atomic E-state index is 10.8. The lowest BCUT2D eigenvalue weighted by molar-refractivity contribution is -0.384. The van der Waals surface area contributed by atoms with Crippen molar-refractivity contribution in [3.05, 3.63) is 16.3 Å². The highest BCUT2D eigenvalue weighted by Gasteiger charge is 2.42. The molecule has 2 rings (SSSR count). The molecule has 0 radical (unpaired) electrons. The summed E-state index contributed by atoms with van der Waals surface area (Å²) in [4.78, 5) is 17.7. The summed E-state index contributed by atoms with van der Waals surface area (Å²) >= 11 is 0. The Morgan fingerprint density at radius 3 is 2.89 bits per heavy atom. The smallest absolute Gasteiger partial charge is 0.329 e. The fourth-order valence-electron chi connectivity index (χ4n) is 1.85. The van der Waals surface area contributed by atoms with Crippen LogP contribution in [-0.4, -0.2) is 33.1 Å². The quantitative estimate of drug-likeness (QED) is 0.498. The molecule has 0 amide bonds. The monoisotopic (exact) mass is 253 g/mol. The molecule has 0 aliphatic heterocycles. The molecular formula is C10H15N5O3. The zero-order valence-electron chi connectivity index (χ0n) is 9.80. The van der Waals surface area contributed by atoms with Gasteiger partial charge < -0.3 is 16.2 Å². The van der Waals surface area contributed by atoms with Crippen molar-refractivity contribution in [1.82, 2.24) is 9.97 Å². The van der Waals surface area contributed by atoms with E-state index in [0.29, 0.717) is 13.0 Å². The Balaban J connectivity index is 2.08. The van der Waals surface area contributed by atoms with Gasteiger partial charge in [-0.15, -0.1) is 0 Å². The normalized spacial score (nSPS) is 16.3. The molecule has 1 fully saturated rings. The number of rotatable bonds is 6. The number of hydrogen-bond donors (Lipinski definition) is 3. The highest BCUT2D eigenvalue weighted by molar-refractivity contribution is 5.56. The highest BCUT2D eigenvalue weighted by Crippen LogP contribution is 2.48. The maximum atomic E-state index is 10.8. The van der Waals surface area contributed by atoms with Crippen LogP contribution in [0.25, 0.3) is 0 Å². The Bertz CT molecular complexity index is 461. The van der Waals surface area contributed by atoms with Crippen molar-refractivity contribution in [2.24, 2.45) is 5.41 Å². The lowest BCUT2D eigenvalue weighted by Crippen LogP contribution is -2.18. The first-order chi connectivity index (χ1) is 8.56. The van der Waals surface area contributed by atoms with Crippen LogP contribution in [0.15, 0.2) is 6.20 Å². The third-order valence-corrected chi connectivity index (χ3v) is 3.21. The first kappa shape index (κ1) is 12.5. The third-order valence-electron chi connectivity index (χ3n) is 3.21. The topological polar surface area (TPSA) is 127 Å². The predicted molar refractivity (Wildman–Crippen MR) is 65.0 cm³/mol. The first-order valence-corrected chi connectivity index (χ1v) is 5.68. The van der Waals surface area contributed by atoms with E-state index < -0.39 is 4.92 Å². The second-order valence-electron chi connectivity index (χ2n) is 4.55. The number of nitrogens with zero attached hydrogens (tertiary/aromatic N) is 3. The minimum atomic E-state index is -0.548. The maximum Gasteiger partial charge on any atom is 0.329 e. The molecule has 1 aromatic rings. The molecule has 8 heteroatoms. The van der Waals surface area contributed by atoms with E-state index in [-0.39, 0.29) is 29.5 Å². The van der Waals surface area contributed by atoms with E-state index >= 15 is 0 Å². The zero-order chi connectivity index (χ0) is 13.2. The van der Waals surface area contributed by atoms with Crippen molar-refractivity contribution in [1.29, 1.82) is 0 Å². The van der Waals surface area contributed by atoms with Crippen LogP contribution in [0.5, 0.6) is 0 Å². The molecule has 1 aliphatic rings. The van der Waals surface area contributed by atoms with Crippen LogP contribution in [0.4, 0.5) is 17.5 Å². The van der Waals surface area contributed by atoms with Gasteiger partial charge in [0.25, 0.3) is 0 Å². The SMILES string of the molecule is Nc1ncc([N+](=O)[O-])c(NCC2(CCO)CC2)n1. The van der Waals surface area contributed by atoms with Crippen LogP contribution >= 0.6 is 0 Å². The molecule has 0 aromatic carbocycles. The molecule has 0 saturated heterocycles. The van der Waals surface area contributed by atoms with Gasteiger partial charge in [0.05, 0.1) is 4.92 Å². The van der Waals surface area contributed by atoms with E-state index in [4.69, 9.17) is 10.8 Å². The molecule has 1 heterocycles. The average molecular weight is 253 g/mol. The molecule has 0 spiro atoms. The largest absolute Gasteiger partial charge is 0.396 e. The van der Waals surface area contributed by atoms with Gasteiger partial charge in [-0.2, -0.15) is 4.98 Å². The van der Waals surface area contributed by atoms with Gasteiger partial charge >= 0.3 is 5.69 Å². The number of nitrogens with one attached hydrogen (secondary N) is 1. The summed E-state index contributed by atoms with van der Waals surface area (Å²) < 4.78 is 0. The van der Waals surface area contributed by atoms with Gasteiger partial charge in [0.15, 0.2) is 0 Å². The molecule has 0 bridgehead atoms. The fourth-order valence-corrected chi connectivity index (χ4v) is 1.85. The summed E-state index contributed by atoms with van der Waals surface area (Å²) in [6, 6.07) is 0. The Kier molecular flexibility index (Phi) is 3.28. The van der Waals surface area contributed by atoms with Crippen molar-refractivity contribution in [3.8, 4) is 0 Å². The minimum absolute atomic E-state index is 0.00453. The summed E-state index contributed by atoms with van der Waals surface area (Å²) in [6.07, 6.45) is 3.80. The number of aromatic nitrogens is 2. The Hall–Kier alpha value is -1.96. The van der Waals surface area contributed by atoms with Crippen LogP contribution in [0.1, 0.15) is 19.3 Å². The molecule has 0 atom stereocenters. The van der Waals surface area contributed by atoms with Gasteiger partial charge in [-0.05, 0) is 24.7 Å². The Morgan fingerprint density at radius 1 is 1.61 bits per heavy atom. The number of nitro groups is 1. The Morgan fingerprint density at radius 2 is 2.33 bits per heavy atom. The van der Waals surface area contributed by atoms with Crippen LogP contribution in [-0.2, 0) is 0 Å². The fraction of sp³-hybridized carbons (Fsp3) is 0.600. The van der Waals surface area contributed by atoms with E-state index in [0.717, 1.165) is 19.0 Å². The van der Waals surface area contributed by atoms with Gasteiger partial charge in [0.2, 0.25) is 11.8 Å². The second kappa shape index (κ2) is 4.73. The van der Waals surface area contributed by atoms with Crippen molar-refractivity contribution in [3.63, 3.8) is 0 Å². The molecule has 4 N–H and O–H groups in total. The lowest BCUT2D eigenvalue weighted by Gasteiger charge is -2.14. The highest BCUT2D eigenvalue weighted by atomic mass is 16.6. The number of anilines is 2. The van der Waals surface area contributed by atoms with Crippen LogP contribution in [0, 0.1) is 15.5 Å². The van der Waals surface area contributed by atoms with Crippen LogP contribution in [0.2, 0.25) is 0 Å². The summed E-state index contributed by atoms with van der Waals surface area (Å²) in [5.41, 5.74) is 5.27. The number of nitrogen functional groups attached to an aromatic ring is 1. The molecule has 1 saturated carbocycles. The molecule has 1 aromatic heterocycles. The summed E-state index contributed by atoms with van der Waals surface area (Å²) in [6.45, 7) is 0.667. The molecule has 1 aliphatic carbocycles. The summed E-state index contributed by atoms with van der Waals surface area (Å²) in [5, 5.41) is 22.7. The third kappa shape index (κ3) is 2.65. The van der Waals surface area contributed by atoms with E-state index in [1.165, 1.54) is 0 Å². The van der Waals surface area contributed by atoms with Gasteiger partial charge in [-0.25, -0.2) is 4.98 Å². The Labute approximate surface area is 103 Å². The van der Waals surface area contributed by atoms with E-state index in [1.54, 1.807) is 0 Å². The summed E-state index contributed by atoms with van der Waals surface area (Å²) in [7, 11) is 0. The number of nitrogens with two attached hydrogens (primary N) is 1. The van der Waals surface area contributed by atoms with Gasteiger partial charge in [-0.1, -0.05) is 0 Å². The van der Waals surface area contributed by atoms with Crippen molar-refractivity contribution in [2.45, 2.75) is 19.3 Å². The van der Waals surface area contributed by atoms with Gasteiger partial charge in [-0.3, -0.25) is 10.1 Å². The first-order valence-electron chi connectivity index (χ1n) is 5.68. The number of hydrogen-bond acceptors (Lipinski definition) is 7. The molecular weight excluding hydrogens is 238 g/mol. The average Bonchev–Trinajstić information content (AvgIpc) is 3.07. The van der Waals surface area contributed by atoms with Crippen molar-refractivity contribution < 1.29 is 10.0 Å². The number of aliphatic hydroxyl groups excluding tert-OH is 1. The number of aliphatic hydroxyl groups is 1. The minimum Gasteiger partial charge on any atom is -0.396 e. The van der Waals surface area contributed by atoms with Crippen molar-refractivity contribution in [2.75, 3.05) is 24.2 Å². The van der Waals surface area contributed by atoms with Crippen molar-refractivity contribution >= 4 is 17.5 Å². The van der Waals surface area contributed by atoms with E-state index in [2.05, 4.69) is 15.3 Å². The predicted octanol–water partition coefficient (Wildman–Crippen LogP) is 0.541. The molecule has 18 heavy (non-hydrogen) atoms. The van der Waals surface area contributed by atoms with Gasteiger partial charge in [0, 0.05) is 13.2 Å². The molecule has 0 unspecified atom stereocenters. The van der Waals surface area contributed by atoms with Crippen LogP contribution < -0.4 is 11.1 Å². The lowest BCUT2D eigenvalue weighted by atomic mass is 10.0. The second-order valence-corrected chi connectivity index (χ2v) is 4.55. The molecule has 98 valence electrons. The zero-order valence-corrected chi connectivity index (χ0v) is 9.80. The van der Waals surface area contributed by atoms with E-state index in [1.807, 2.05) is 0 Å². The standard InChI is InChI=1S/C10H15N5O3/c11-9-12-5-7(15(17)18)8(14-9)13-6-10(1-2-10)3-4-16/h5,16H,1-4,6H2,(H3,11,12,13,14). The summed E-state index contributed by atoms with van der Waals surface area (Å²) in [5.74, 6) is 0.131. The molecule has 8 nitrogen and oxygen atoms in total. The van der Waals surface area contributed by atoms with Gasteiger partial charge in [0.1, 0.15) is 6.20 Å². The van der Waals surface area contributed by atoms with Crippen LogP contribution in [0.3, 0.4) is 0 Å².